The fourth-order valence-electron chi connectivity index (χ4n) is 3.55. The van der Waals surface area contributed by atoms with E-state index < -0.39 is 0 Å². The third kappa shape index (κ3) is 5.35. The molecule has 1 unspecified atom stereocenters. The second-order valence-electron chi connectivity index (χ2n) is 6.58. The van der Waals surface area contributed by atoms with Crippen molar-refractivity contribution in [2.75, 3.05) is 6.54 Å². The molecule has 0 aromatic heterocycles. The standard InChI is InChI=1S/C22H33N/c1-4-9-18(5-2)10-7-11-21(22-12-8-17-23-22)20-15-13-19(6-3)14-16-20/h7,9-10,13-16,21-23H,4-6,8,11-12,17H2,1-3H3/b10-7-,18-9-/t21?,22-/m0/s1. The first kappa shape index (κ1) is 18.0. The van der Waals surface area contributed by atoms with Crippen LogP contribution in [-0.2, 0) is 6.42 Å². The first-order chi connectivity index (χ1) is 11.3. The molecule has 1 N–H and O–H groups in total. The maximum atomic E-state index is 3.71. The Morgan fingerprint density at radius 3 is 2.57 bits per heavy atom. The predicted molar refractivity (Wildman–Crippen MR) is 102 cm³/mol. The quantitative estimate of drug-likeness (QED) is 0.600. The van der Waals surface area contributed by atoms with Gasteiger partial charge in [-0.3, -0.25) is 0 Å². The average molecular weight is 312 g/mol. The zero-order valence-electron chi connectivity index (χ0n) is 15.1. The molecular formula is C22H33N. The van der Waals surface area contributed by atoms with E-state index in [4.69, 9.17) is 0 Å². The summed E-state index contributed by atoms with van der Waals surface area (Å²) in [5.74, 6) is 0.597. The maximum absolute atomic E-state index is 3.71. The van der Waals surface area contributed by atoms with Crippen molar-refractivity contribution in [2.45, 2.75) is 71.3 Å². The lowest BCUT2D eigenvalue weighted by molar-refractivity contribution is 0.491. The SMILES string of the molecule is CC/C=C(\C=C/CC(c1ccc(CC)cc1)[C@@H]1CCCN1)CC. The largest absolute Gasteiger partial charge is 0.313 e. The van der Waals surface area contributed by atoms with E-state index in [1.54, 1.807) is 0 Å². The minimum atomic E-state index is 0.597. The molecule has 1 aromatic rings. The fourth-order valence-corrected chi connectivity index (χ4v) is 3.55. The molecule has 2 atom stereocenters. The second kappa shape index (κ2) is 9.72. The number of rotatable bonds is 8. The Morgan fingerprint density at radius 2 is 2.00 bits per heavy atom. The summed E-state index contributed by atoms with van der Waals surface area (Å²) in [5, 5.41) is 3.71. The van der Waals surface area contributed by atoms with E-state index in [1.807, 2.05) is 0 Å². The summed E-state index contributed by atoms with van der Waals surface area (Å²) in [5.41, 5.74) is 4.39. The van der Waals surface area contributed by atoms with Gasteiger partial charge in [0.1, 0.15) is 0 Å². The van der Waals surface area contributed by atoms with E-state index in [0.717, 1.165) is 25.7 Å². The number of benzene rings is 1. The van der Waals surface area contributed by atoms with Crippen LogP contribution in [0.15, 0.2) is 48.1 Å². The van der Waals surface area contributed by atoms with Crippen molar-refractivity contribution in [3.63, 3.8) is 0 Å². The van der Waals surface area contributed by atoms with Gasteiger partial charge in [0.15, 0.2) is 0 Å². The van der Waals surface area contributed by atoms with Crippen LogP contribution < -0.4 is 5.32 Å². The summed E-state index contributed by atoms with van der Waals surface area (Å²) >= 11 is 0. The van der Waals surface area contributed by atoms with Gasteiger partial charge in [-0.2, -0.15) is 0 Å². The van der Waals surface area contributed by atoms with Gasteiger partial charge >= 0.3 is 0 Å². The molecule has 1 aliphatic heterocycles. The van der Waals surface area contributed by atoms with Crippen molar-refractivity contribution in [1.29, 1.82) is 0 Å². The molecule has 1 heteroatoms. The Bertz CT molecular complexity index is 503. The van der Waals surface area contributed by atoms with Crippen LogP contribution in [0.5, 0.6) is 0 Å². The first-order valence-corrected chi connectivity index (χ1v) is 9.46. The molecule has 1 nitrogen and oxygen atoms in total. The zero-order valence-corrected chi connectivity index (χ0v) is 15.1. The summed E-state index contributed by atoms with van der Waals surface area (Å²) in [6.45, 7) is 7.85. The normalized spacial score (nSPS) is 20.3. The molecule has 126 valence electrons. The molecule has 2 rings (SSSR count). The minimum Gasteiger partial charge on any atom is -0.313 e. The average Bonchev–Trinajstić information content (AvgIpc) is 3.12. The minimum absolute atomic E-state index is 0.597. The molecule has 1 aromatic carbocycles. The lowest BCUT2D eigenvalue weighted by Gasteiger charge is -2.23. The van der Waals surface area contributed by atoms with Crippen molar-refractivity contribution in [1.82, 2.24) is 5.32 Å². The summed E-state index contributed by atoms with van der Waals surface area (Å²) < 4.78 is 0. The summed E-state index contributed by atoms with van der Waals surface area (Å²) in [7, 11) is 0. The third-order valence-corrected chi connectivity index (χ3v) is 5.00. The first-order valence-electron chi connectivity index (χ1n) is 9.46. The van der Waals surface area contributed by atoms with Crippen LogP contribution in [0, 0.1) is 0 Å². The number of hydrogen-bond acceptors (Lipinski definition) is 1. The van der Waals surface area contributed by atoms with E-state index in [-0.39, 0.29) is 0 Å². The number of nitrogens with one attached hydrogen (secondary N) is 1. The fraction of sp³-hybridized carbons (Fsp3) is 0.545. The zero-order chi connectivity index (χ0) is 16.5. The number of allylic oxidation sites excluding steroid dienone is 4. The lowest BCUT2D eigenvalue weighted by Crippen LogP contribution is -2.28. The molecule has 0 aliphatic carbocycles. The van der Waals surface area contributed by atoms with Crippen molar-refractivity contribution in [2.24, 2.45) is 0 Å². The highest BCUT2D eigenvalue weighted by Crippen LogP contribution is 2.29. The van der Waals surface area contributed by atoms with Crippen molar-refractivity contribution in [3.05, 3.63) is 59.2 Å². The van der Waals surface area contributed by atoms with Crippen LogP contribution >= 0.6 is 0 Å². The molecule has 0 radical (unpaired) electrons. The highest BCUT2D eigenvalue weighted by molar-refractivity contribution is 5.28. The Hall–Kier alpha value is -1.34. The molecule has 0 spiro atoms. The molecule has 0 amide bonds. The van der Waals surface area contributed by atoms with E-state index in [9.17, 15) is 0 Å². The van der Waals surface area contributed by atoms with Crippen molar-refractivity contribution in [3.8, 4) is 0 Å². The van der Waals surface area contributed by atoms with Crippen LogP contribution in [-0.4, -0.2) is 12.6 Å². The highest BCUT2D eigenvalue weighted by atomic mass is 14.9. The summed E-state index contributed by atoms with van der Waals surface area (Å²) in [6.07, 6.45) is 14.2. The summed E-state index contributed by atoms with van der Waals surface area (Å²) in [4.78, 5) is 0. The van der Waals surface area contributed by atoms with Gasteiger partial charge in [-0.15, -0.1) is 0 Å². The number of hydrogen-bond donors (Lipinski definition) is 1. The molecule has 1 heterocycles. The third-order valence-electron chi connectivity index (χ3n) is 5.00. The smallest absolute Gasteiger partial charge is 0.0139 e. The van der Waals surface area contributed by atoms with Gasteiger partial charge in [0, 0.05) is 12.0 Å². The number of aryl methyl sites for hydroxylation is 1. The Balaban J connectivity index is 2.10. The van der Waals surface area contributed by atoms with Gasteiger partial charge in [-0.25, -0.2) is 0 Å². The molecule has 0 bridgehead atoms. The van der Waals surface area contributed by atoms with Gasteiger partial charge in [-0.1, -0.05) is 68.8 Å². The van der Waals surface area contributed by atoms with Crippen molar-refractivity contribution >= 4 is 0 Å². The summed E-state index contributed by atoms with van der Waals surface area (Å²) in [6, 6.07) is 9.93. The van der Waals surface area contributed by atoms with Gasteiger partial charge < -0.3 is 5.32 Å². The molecule has 1 fully saturated rings. The van der Waals surface area contributed by atoms with E-state index in [1.165, 1.54) is 36.1 Å². The molecule has 23 heavy (non-hydrogen) atoms. The van der Waals surface area contributed by atoms with Gasteiger partial charge in [-0.05, 0) is 56.2 Å². The van der Waals surface area contributed by atoms with Crippen molar-refractivity contribution < 1.29 is 0 Å². The molecule has 0 saturated carbocycles. The van der Waals surface area contributed by atoms with Gasteiger partial charge in [0.25, 0.3) is 0 Å². The Labute approximate surface area is 142 Å². The monoisotopic (exact) mass is 311 g/mol. The lowest BCUT2D eigenvalue weighted by atomic mass is 9.87. The Morgan fingerprint density at radius 1 is 1.22 bits per heavy atom. The molecule has 1 aliphatic rings. The highest BCUT2D eigenvalue weighted by Gasteiger charge is 2.24. The maximum Gasteiger partial charge on any atom is 0.0139 e. The predicted octanol–water partition coefficient (Wildman–Crippen LogP) is 5.78. The van der Waals surface area contributed by atoms with E-state index >= 15 is 0 Å². The van der Waals surface area contributed by atoms with E-state index in [2.05, 4.69) is 68.6 Å². The van der Waals surface area contributed by atoms with Gasteiger partial charge in [0.05, 0.1) is 0 Å². The van der Waals surface area contributed by atoms with E-state index in [0.29, 0.717) is 12.0 Å². The van der Waals surface area contributed by atoms with Gasteiger partial charge in [0.2, 0.25) is 0 Å². The van der Waals surface area contributed by atoms with Crippen LogP contribution in [0.1, 0.15) is 69.9 Å². The van der Waals surface area contributed by atoms with Crippen LogP contribution in [0.4, 0.5) is 0 Å². The topological polar surface area (TPSA) is 12.0 Å². The molecular weight excluding hydrogens is 278 g/mol. The van der Waals surface area contributed by atoms with Crippen LogP contribution in [0.25, 0.3) is 0 Å². The molecule has 1 saturated heterocycles. The van der Waals surface area contributed by atoms with Crippen LogP contribution in [0.3, 0.4) is 0 Å². The van der Waals surface area contributed by atoms with Crippen LogP contribution in [0.2, 0.25) is 0 Å². The Kier molecular flexibility index (Phi) is 7.61. The second-order valence-corrected chi connectivity index (χ2v) is 6.58.